The second kappa shape index (κ2) is 5.10. The van der Waals surface area contributed by atoms with Crippen molar-refractivity contribution in [1.29, 1.82) is 0 Å². The smallest absolute Gasteiger partial charge is 0.128 e. The molecule has 2 aromatic rings. The lowest BCUT2D eigenvalue weighted by Gasteiger charge is -2.31. The number of nitrogens with two attached hydrogens (primary N) is 1. The molecular formula is C16H17F2N. The molecule has 0 bridgehead atoms. The van der Waals surface area contributed by atoms with Crippen molar-refractivity contribution >= 4 is 0 Å². The Morgan fingerprint density at radius 3 is 2.32 bits per heavy atom. The van der Waals surface area contributed by atoms with Gasteiger partial charge in [-0.2, -0.15) is 0 Å². The van der Waals surface area contributed by atoms with Crippen molar-refractivity contribution < 1.29 is 8.78 Å². The first-order valence-electron chi connectivity index (χ1n) is 6.29. The Morgan fingerprint density at radius 2 is 1.74 bits per heavy atom. The standard InChI is InChI=1S/C16H17F2N/c1-3-16(19,14-6-4-5-7-15(14)18)13-9-8-12(17)10-11(13)2/h4-10H,3,19H2,1-2H3. The molecule has 2 N–H and O–H groups in total. The van der Waals surface area contributed by atoms with Crippen LogP contribution in [0, 0.1) is 18.6 Å². The molecule has 0 spiro atoms. The van der Waals surface area contributed by atoms with Crippen LogP contribution in [0.25, 0.3) is 0 Å². The van der Waals surface area contributed by atoms with Crippen molar-refractivity contribution in [2.45, 2.75) is 25.8 Å². The van der Waals surface area contributed by atoms with Crippen LogP contribution in [0.4, 0.5) is 8.78 Å². The van der Waals surface area contributed by atoms with Gasteiger partial charge in [0.1, 0.15) is 11.6 Å². The molecule has 2 rings (SSSR count). The summed E-state index contributed by atoms with van der Waals surface area (Å²) in [5, 5.41) is 0. The Kier molecular flexibility index (Phi) is 3.67. The third-order valence-corrected chi connectivity index (χ3v) is 3.58. The maximum atomic E-state index is 14.0. The molecule has 100 valence electrons. The zero-order valence-corrected chi connectivity index (χ0v) is 11.1. The van der Waals surface area contributed by atoms with Crippen LogP contribution in [0.2, 0.25) is 0 Å². The molecule has 0 aliphatic heterocycles. The van der Waals surface area contributed by atoms with E-state index in [4.69, 9.17) is 5.73 Å². The molecule has 3 heteroatoms. The predicted molar refractivity (Wildman–Crippen MR) is 72.8 cm³/mol. The largest absolute Gasteiger partial charge is 0.318 e. The number of hydrogen-bond acceptors (Lipinski definition) is 1. The molecule has 1 unspecified atom stereocenters. The Labute approximate surface area is 112 Å². The monoisotopic (exact) mass is 261 g/mol. The van der Waals surface area contributed by atoms with Gasteiger partial charge >= 0.3 is 0 Å². The maximum Gasteiger partial charge on any atom is 0.128 e. The first-order chi connectivity index (χ1) is 8.99. The van der Waals surface area contributed by atoms with E-state index in [0.717, 1.165) is 11.1 Å². The van der Waals surface area contributed by atoms with Gasteiger partial charge in [-0.3, -0.25) is 0 Å². The van der Waals surface area contributed by atoms with Crippen molar-refractivity contribution in [1.82, 2.24) is 0 Å². The molecule has 0 fully saturated rings. The number of rotatable bonds is 3. The average Bonchev–Trinajstić information content (AvgIpc) is 2.38. The van der Waals surface area contributed by atoms with Crippen molar-refractivity contribution in [3.63, 3.8) is 0 Å². The van der Waals surface area contributed by atoms with Gasteiger partial charge in [-0.15, -0.1) is 0 Å². The molecular weight excluding hydrogens is 244 g/mol. The Bertz CT molecular complexity index is 595. The van der Waals surface area contributed by atoms with Gasteiger partial charge in [-0.05, 0) is 42.7 Å². The molecule has 0 radical (unpaired) electrons. The Hall–Kier alpha value is -1.74. The van der Waals surface area contributed by atoms with Gasteiger partial charge < -0.3 is 5.73 Å². The second-order valence-corrected chi connectivity index (χ2v) is 4.76. The van der Waals surface area contributed by atoms with Gasteiger partial charge in [0.2, 0.25) is 0 Å². The zero-order valence-electron chi connectivity index (χ0n) is 11.1. The van der Waals surface area contributed by atoms with Gasteiger partial charge in [0.05, 0.1) is 5.54 Å². The molecule has 1 atom stereocenters. The number of hydrogen-bond donors (Lipinski definition) is 1. The van der Waals surface area contributed by atoms with E-state index in [-0.39, 0.29) is 11.6 Å². The first-order valence-corrected chi connectivity index (χ1v) is 6.29. The highest BCUT2D eigenvalue weighted by atomic mass is 19.1. The lowest BCUT2D eigenvalue weighted by atomic mass is 9.79. The molecule has 0 amide bonds. The van der Waals surface area contributed by atoms with Crippen LogP contribution in [-0.2, 0) is 5.54 Å². The molecule has 0 aliphatic rings. The molecule has 1 nitrogen and oxygen atoms in total. The van der Waals surface area contributed by atoms with Gasteiger partial charge in [-0.1, -0.05) is 31.2 Å². The third-order valence-electron chi connectivity index (χ3n) is 3.58. The molecule has 0 heterocycles. The topological polar surface area (TPSA) is 26.0 Å². The molecule has 0 saturated heterocycles. The SMILES string of the molecule is CCC(N)(c1ccc(F)cc1C)c1ccccc1F. The highest BCUT2D eigenvalue weighted by molar-refractivity contribution is 5.42. The second-order valence-electron chi connectivity index (χ2n) is 4.76. The van der Waals surface area contributed by atoms with Gasteiger partial charge in [0, 0.05) is 5.56 Å². The van der Waals surface area contributed by atoms with Crippen LogP contribution >= 0.6 is 0 Å². The van der Waals surface area contributed by atoms with Crippen molar-refractivity contribution in [3.05, 3.63) is 70.8 Å². The van der Waals surface area contributed by atoms with Crippen molar-refractivity contribution in [2.75, 3.05) is 0 Å². The number of halogens is 2. The fourth-order valence-electron chi connectivity index (χ4n) is 2.48. The molecule has 19 heavy (non-hydrogen) atoms. The van der Waals surface area contributed by atoms with Crippen molar-refractivity contribution in [3.8, 4) is 0 Å². The van der Waals surface area contributed by atoms with E-state index < -0.39 is 5.54 Å². The number of aryl methyl sites for hydroxylation is 1. The Balaban J connectivity index is 2.63. The van der Waals surface area contributed by atoms with E-state index in [9.17, 15) is 8.78 Å². The van der Waals surface area contributed by atoms with E-state index in [1.165, 1.54) is 18.2 Å². The van der Waals surface area contributed by atoms with Crippen LogP contribution in [0.3, 0.4) is 0 Å². The van der Waals surface area contributed by atoms with E-state index in [1.807, 2.05) is 6.92 Å². The lowest BCUT2D eigenvalue weighted by Crippen LogP contribution is -2.38. The van der Waals surface area contributed by atoms with Gasteiger partial charge in [0.25, 0.3) is 0 Å². The minimum atomic E-state index is -0.941. The van der Waals surface area contributed by atoms with Crippen LogP contribution in [0.5, 0.6) is 0 Å². The third kappa shape index (κ3) is 2.38. The predicted octanol–water partition coefficient (Wildman–Crippen LogP) is 3.89. The molecule has 0 saturated carbocycles. The van der Waals surface area contributed by atoms with Crippen LogP contribution in [-0.4, -0.2) is 0 Å². The fraction of sp³-hybridized carbons (Fsp3) is 0.250. The molecule has 0 aliphatic carbocycles. The van der Waals surface area contributed by atoms with Crippen LogP contribution in [0.1, 0.15) is 30.0 Å². The summed E-state index contributed by atoms with van der Waals surface area (Å²) in [6.45, 7) is 3.69. The summed E-state index contributed by atoms with van der Waals surface area (Å²) in [7, 11) is 0. The van der Waals surface area contributed by atoms with Gasteiger partial charge in [0.15, 0.2) is 0 Å². The maximum absolute atomic E-state index is 14.0. The molecule has 2 aromatic carbocycles. The Morgan fingerprint density at radius 1 is 1.05 bits per heavy atom. The average molecular weight is 261 g/mol. The first kappa shape index (κ1) is 13.7. The normalized spacial score (nSPS) is 14.2. The highest BCUT2D eigenvalue weighted by Gasteiger charge is 2.31. The number of benzene rings is 2. The minimum absolute atomic E-state index is 0.312. The van der Waals surface area contributed by atoms with Crippen molar-refractivity contribution in [2.24, 2.45) is 5.73 Å². The van der Waals surface area contributed by atoms with Crippen LogP contribution < -0.4 is 5.73 Å². The summed E-state index contributed by atoms with van der Waals surface area (Å²) in [5.74, 6) is -0.649. The summed E-state index contributed by atoms with van der Waals surface area (Å²) >= 11 is 0. The van der Waals surface area contributed by atoms with Crippen LogP contribution in [0.15, 0.2) is 42.5 Å². The molecule has 0 aromatic heterocycles. The van der Waals surface area contributed by atoms with E-state index in [2.05, 4.69) is 0 Å². The van der Waals surface area contributed by atoms with E-state index in [0.29, 0.717) is 12.0 Å². The van der Waals surface area contributed by atoms with E-state index >= 15 is 0 Å². The lowest BCUT2D eigenvalue weighted by molar-refractivity contribution is 0.476. The summed E-state index contributed by atoms with van der Waals surface area (Å²) in [6.07, 6.45) is 0.528. The highest BCUT2D eigenvalue weighted by Crippen LogP contribution is 2.34. The summed E-state index contributed by atoms with van der Waals surface area (Å²) in [5.41, 5.74) is 7.41. The summed E-state index contributed by atoms with van der Waals surface area (Å²) in [4.78, 5) is 0. The summed E-state index contributed by atoms with van der Waals surface area (Å²) in [6, 6.07) is 10.9. The quantitative estimate of drug-likeness (QED) is 0.891. The van der Waals surface area contributed by atoms with Gasteiger partial charge in [-0.25, -0.2) is 8.78 Å². The summed E-state index contributed by atoms with van der Waals surface area (Å²) < 4.78 is 27.2. The zero-order chi connectivity index (χ0) is 14.0. The fourth-order valence-corrected chi connectivity index (χ4v) is 2.48. The van der Waals surface area contributed by atoms with E-state index in [1.54, 1.807) is 31.2 Å². The minimum Gasteiger partial charge on any atom is -0.318 e.